The van der Waals surface area contributed by atoms with Gasteiger partial charge in [0.05, 0.1) is 5.75 Å². The van der Waals surface area contributed by atoms with Crippen molar-refractivity contribution in [3.05, 3.63) is 0 Å². The summed E-state index contributed by atoms with van der Waals surface area (Å²) in [5, 5.41) is 0. The lowest BCUT2D eigenvalue weighted by atomic mass is 10.0. The number of sulfonamides is 1. The van der Waals surface area contributed by atoms with Crippen LogP contribution < -0.4 is 5.73 Å². The van der Waals surface area contributed by atoms with Gasteiger partial charge in [-0.2, -0.15) is 4.31 Å². The van der Waals surface area contributed by atoms with Crippen LogP contribution in [-0.4, -0.2) is 61.0 Å². The molecule has 0 spiro atoms. The molecule has 1 fully saturated rings. The molecule has 0 unspecified atom stereocenters. The largest absolute Gasteiger partial charge is 0.340 e. The summed E-state index contributed by atoms with van der Waals surface area (Å²) >= 11 is 0. The summed E-state index contributed by atoms with van der Waals surface area (Å²) < 4.78 is 25.3. The van der Waals surface area contributed by atoms with E-state index in [1.807, 2.05) is 20.8 Å². The van der Waals surface area contributed by atoms with Crippen molar-refractivity contribution in [3.63, 3.8) is 0 Å². The fraction of sp³-hybridized carbons (Fsp3) is 0.917. The van der Waals surface area contributed by atoms with E-state index in [2.05, 4.69) is 0 Å². The van der Waals surface area contributed by atoms with Crippen LogP contribution in [0.4, 0.5) is 0 Å². The van der Waals surface area contributed by atoms with Crippen molar-refractivity contribution < 1.29 is 13.2 Å². The third-order valence-corrected chi connectivity index (χ3v) is 5.13. The Morgan fingerprint density at radius 2 is 1.74 bits per heavy atom. The third kappa shape index (κ3) is 5.08. The molecule has 19 heavy (non-hydrogen) atoms. The molecular weight excluding hydrogens is 266 g/mol. The van der Waals surface area contributed by atoms with E-state index in [-0.39, 0.29) is 18.1 Å². The number of carbonyl (C=O) groups excluding carboxylic acids is 1. The summed E-state index contributed by atoms with van der Waals surface area (Å²) in [5.41, 5.74) is 5.30. The summed E-state index contributed by atoms with van der Waals surface area (Å²) in [6.07, 6.45) is 0.900. The second kappa shape index (κ2) is 6.19. The molecule has 1 aliphatic heterocycles. The monoisotopic (exact) mass is 291 g/mol. The highest BCUT2D eigenvalue weighted by Gasteiger charge is 2.29. The molecular formula is C12H25N3O3S. The van der Waals surface area contributed by atoms with Crippen LogP contribution in [0.15, 0.2) is 0 Å². The molecule has 0 aromatic carbocycles. The Kier molecular flexibility index (Phi) is 5.34. The fourth-order valence-corrected chi connectivity index (χ4v) is 3.60. The lowest BCUT2D eigenvalue weighted by molar-refractivity contribution is -0.133. The van der Waals surface area contributed by atoms with Gasteiger partial charge in [-0.1, -0.05) is 6.92 Å². The van der Waals surface area contributed by atoms with Crippen LogP contribution in [0, 0.1) is 0 Å². The first-order valence-corrected chi connectivity index (χ1v) is 8.31. The Morgan fingerprint density at radius 3 is 2.16 bits per heavy atom. The SMILES string of the molecule is CCCS(=O)(=O)N1CCN(C(=O)CC(C)(C)N)CC1. The number of hydrogen-bond acceptors (Lipinski definition) is 4. The number of carbonyl (C=O) groups is 1. The first kappa shape index (κ1) is 16.4. The number of amides is 1. The normalized spacial score (nSPS) is 18.6. The Balaban J connectivity index is 2.52. The standard InChI is InChI=1S/C12H25N3O3S/c1-4-9-19(17,18)15-7-5-14(6-8-15)11(16)10-12(2,3)13/h4-10,13H2,1-3H3. The average molecular weight is 291 g/mol. The molecule has 1 heterocycles. The average Bonchev–Trinajstić information content (AvgIpc) is 2.27. The highest BCUT2D eigenvalue weighted by Crippen LogP contribution is 2.12. The van der Waals surface area contributed by atoms with Gasteiger partial charge in [0.15, 0.2) is 0 Å². The van der Waals surface area contributed by atoms with E-state index < -0.39 is 15.6 Å². The van der Waals surface area contributed by atoms with Gasteiger partial charge in [0, 0.05) is 38.1 Å². The van der Waals surface area contributed by atoms with E-state index in [4.69, 9.17) is 5.73 Å². The fourth-order valence-electron chi connectivity index (χ4n) is 2.10. The molecule has 6 nitrogen and oxygen atoms in total. The van der Waals surface area contributed by atoms with Gasteiger partial charge in [-0.05, 0) is 20.3 Å². The lowest BCUT2D eigenvalue weighted by Crippen LogP contribution is -2.52. The molecule has 1 rings (SSSR count). The molecule has 0 aromatic rings. The molecule has 1 saturated heterocycles. The van der Waals surface area contributed by atoms with Crippen molar-refractivity contribution in [2.75, 3.05) is 31.9 Å². The van der Waals surface area contributed by atoms with Gasteiger partial charge in [-0.25, -0.2) is 8.42 Å². The summed E-state index contributed by atoms with van der Waals surface area (Å²) in [4.78, 5) is 13.7. The predicted molar refractivity (Wildman–Crippen MR) is 75.1 cm³/mol. The van der Waals surface area contributed by atoms with Gasteiger partial charge < -0.3 is 10.6 Å². The minimum Gasteiger partial charge on any atom is -0.340 e. The molecule has 0 atom stereocenters. The highest BCUT2D eigenvalue weighted by atomic mass is 32.2. The molecule has 0 aromatic heterocycles. The maximum Gasteiger partial charge on any atom is 0.224 e. The number of nitrogens with two attached hydrogens (primary N) is 1. The molecule has 1 aliphatic rings. The molecule has 0 saturated carbocycles. The van der Waals surface area contributed by atoms with Crippen molar-refractivity contribution in [3.8, 4) is 0 Å². The molecule has 2 N–H and O–H groups in total. The van der Waals surface area contributed by atoms with Crippen molar-refractivity contribution in [2.45, 2.75) is 39.2 Å². The molecule has 1 amide bonds. The Hall–Kier alpha value is -0.660. The van der Waals surface area contributed by atoms with Crippen LogP contribution >= 0.6 is 0 Å². The zero-order chi connectivity index (χ0) is 14.7. The van der Waals surface area contributed by atoms with E-state index in [9.17, 15) is 13.2 Å². The summed E-state index contributed by atoms with van der Waals surface area (Å²) in [5.74, 6) is 0.177. The van der Waals surface area contributed by atoms with Gasteiger partial charge in [-0.3, -0.25) is 4.79 Å². The van der Waals surface area contributed by atoms with Crippen LogP contribution in [-0.2, 0) is 14.8 Å². The van der Waals surface area contributed by atoms with Gasteiger partial charge in [0.2, 0.25) is 15.9 Å². The van der Waals surface area contributed by atoms with Crippen molar-refractivity contribution >= 4 is 15.9 Å². The van der Waals surface area contributed by atoms with Gasteiger partial charge >= 0.3 is 0 Å². The van der Waals surface area contributed by atoms with E-state index >= 15 is 0 Å². The zero-order valence-electron chi connectivity index (χ0n) is 12.1. The number of rotatable bonds is 5. The van der Waals surface area contributed by atoms with E-state index in [0.29, 0.717) is 32.6 Å². The van der Waals surface area contributed by atoms with Crippen LogP contribution in [0.3, 0.4) is 0 Å². The smallest absolute Gasteiger partial charge is 0.224 e. The first-order valence-electron chi connectivity index (χ1n) is 6.70. The second-order valence-electron chi connectivity index (χ2n) is 5.76. The van der Waals surface area contributed by atoms with Crippen molar-refractivity contribution in [2.24, 2.45) is 5.73 Å². The van der Waals surface area contributed by atoms with E-state index in [0.717, 1.165) is 0 Å². The lowest BCUT2D eigenvalue weighted by Gasteiger charge is -2.35. The van der Waals surface area contributed by atoms with E-state index in [1.165, 1.54) is 4.31 Å². The molecule has 0 radical (unpaired) electrons. The number of hydrogen-bond donors (Lipinski definition) is 1. The second-order valence-corrected chi connectivity index (χ2v) is 7.85. The highest BCUT2D eigenvalue weighted by molar-refractivity contribution is 7.89. The Labute approximate surface area is 116 Å². The molecule has 0 bridgehead atoms. The van der Waals surface area contributed by atoms with Gasteiger partial charge in [0.1, 0.15) is 0 Å². The zero-order valence-corrected chi connectivity index (χ0v) is 12.9. The number of piperazine rings is 1. The topological polar surface area (TPSA) is 83.7 Å². The maximum atomic E-state index is 12.0. The minimum atomic E-state index is -3.15. The summed E-state index contributed by atoms with van der Waals surface area (Å²) in [6.45, 7) is 7.16. The maximum absolute atomic E-state index is 12.0. The van der Waals surface area contributed by atoms with Crippen LogP contribution in [0.1, 0.15) is 33.6 Å². The van der Waals surface area contributed by atoms with Crippen molar-refractivity contribution in [1.82, 2.24) is 9.21 Å². The minimum absolute atomic E-state index is 0.0000366. The summed E-state index contributed by atoms with van der Waals surface area (Å²) in [6, 6.07) is 0. The summed E-state index contributed by atoms with van der Waals surface area (Å²) in [7, 11) is -3.15. The van der Waals surface area contributed by atoms with Gasteiger partial charge in [0.25, 0.3) is 0 Å². The predicted octanol–water partition coefficient (Wildman–Crippen LogP) is -0.00220. The quantitative estimate of drug-likeness (QED) is 0.772. The van der Waals surface area contributed by atoms with Crippen molar-refractivity contribution in [1.29, 1.82) is 0 Å². The first-order chi connectivity index (χ1) is 8.65. The Bertz CT molecular complexity index is 406. The third-order valence-electron chi connectivity index (χ3n) is 3.05. The van der Waals surface area contributed by atoms with Crippen LogP contribution in [0.5, 0.6) is 0 Å². The van der Waals surface area contributed by atoms with E-state index in [1.54, 1.807) is 4.90 Å². The van der Waals surface area contributed by atoms with Gasteiger partial charge in [-0.15, -0.1) is 0 Å². The molecule has 0 aliphatic carbocycles. The van der Waals surface area contributed by atoms with Crippen LogP contribution in [0.25, 0.3) is 0 Å². The molecule has 112 valence electrons. The van der Waals surface area contributed by atoms with Crippen LogP contribution in [0.2, 0.25) is 0 Å². The molecule has 7 heteroatoms. The Morgan fingerprint density at radius 1 is 1.21 bits per heavy atom. The number of nitrogens with zero attached hydrogens (tertiary/aromatic N) is 2.